The SMILES string of the molecule is N#Cc1cc2c(cn1)CC1(C2)C(=O)Nc2ncccc21. The molecular weight excluding hydrogens is 252 g/mol. The molecule has 20 heavy (non-hydrogen) atoms. The molecule has 1 unspecified atom stereocenters. The number of nitrogens with one attached hydrogen (secondary N) is 1. The molecule has 0 aromatic carbocycles. The van der Waals surface area contributed by atoms with Crippen molar-refractivity contribution in [3.8, 4) is 6.07 Å². The van der Waals surface area contributed by atoms with Crippen molar-refractivity contribution < 1.29 is 4.79 Å². The van der Waals surface area contributed by atoms with E-state index in [4.69, 9.17) is 5.26 Å². The Kier molecular flexibility index (Phi) is 2.02. The van der Waals surface area contributed by atoms with Crippen LogP contribution >= 0.6 is 0 Å². The van der Waals surface area contributed by atoms with Crippen molar-refractivity contribution in [2.45, 2.75) is 18.3 Å². The van der Waals surface area contributed by atoms with Crippen LogP contribution in [0.2, 0.25) is 0 Å². The Hall–Kier alpha value is -2.74. The molecule has 0 saturated heterocycles. The summed E-state index contributed by atoms with van der Waals surface area (Å²) in [5, 5.41) is 11.8. The summed E-state index contributed by atoms with van der Waals surface area (Å²) in [7, 11) is 0. The fourth-order valence-corrected chi connectivity index (χ4v) is 3.21. The maximum Gasteiger partial charge on any atom is 0.237 e. The molecule has 0 radical (unpaired) electrons. The molecule has 2 aromatic rings. The zero-order chi connectivity index (χ0) is 13.7. The van der Waals surface area contributed by atoms with E-state index in [1.54, 1.807) is 18.5 Å². The van der Waals surface area contributed by atoms with Crippen LogP contribution in [-0.4, -0.2) is 15.9 Å². The molecule has 0 saturated carbocycles. The van der Waals surface area contributed by atoms with Crippen molar-refractivity contribution in [3.05, 3.63) is 53.0 Å². The second-order valence-corrected chi connectivity index (χ2v) is 5.24. The van der Waals surface area contributed by atoms with Gasteiger partial charge in [0.2, 0.25) is 5.91 Å². The monoisotopic (exact) mass is 262 g/mol. The Morgan fingerprint density at radius 2 is 2.15 bits per heavy atom. The summed E-state index contributed by atoms with van der Waals surface area (Å²) in [5.74, 6) is 0.639. The van der Waals surface area contributed by atoms with Crippen LogP contribution in [0.1, 0.15) is 22.4 Å². The Balaban J connectivity index is 1.86. The van der Waals surface area contributed by atoms with E-state index in [0.29, 0.717) is 24.4 Å². The number of nitrogens with zero attached hydrogens (tertiary/aromatic N) is 3. The number of fused-ring (bicyclic) bond motifs is 3. The largest absolute Gasteiger partial charge is 0.310 e. The molecule has 2 aliphatic rings. The van der Waals surface area contributed by atoms with Gasteiger partial charge in [-0.05, 0) is 36.1 Å². The average molecular weight is 262 g/mol. The molecule has 2 aromatic heterocycles. The van der Waals surface area contributed by atoms with E-state index >= 15 is 0 Å². The molecule has 1 spiro atoms. The summed E-state index contributed by atoms with van der Waals surface area (Å²) in [4.78, 5) is 20.8. The second-order valence-electron chi connectivity index (χ2n) is 5.24. The molecule has 5 heteroatoms. The van der Waals surface area contributed by atoms with E-state index in [2.05, 4.69) is 15.3 Å². The molecule has 0 fully saturated rings. The van der Waals surface area contributed by atoms with Gasteiger partial charge in [0.1, 0.15) is 17.6 Å². The minimum Gasteiger partial charge on any atom is -0.310 e. The van der Waals surface area contributed by atoms with Gasteiger partial charge in [-0.3, -0.25) is 4.79 Å². The summed E-state index contributed by atoms with van der Waals surface area (Å²) < 4.78 is 0. The third-order valence-corrected chi connectivity index (χ3v) is 4.17. The molecule has 1 atom stereocenters. The van der Waals surface area contributed by atoms with Crippen LogP contribution in [0.15, 0.2) is 30.6 Å². The number of pyridine rings is 2. The van der Waals surface area contributed by atoms with Gasteiger partial charge < -0.3 is 5.32 Å². The van der Waals surface area contributed by atoms with Gasteiger partial charge in [-0.1, -0.05) is 6.07 Å². The lowest BCUT2D eigenvalue weighted by molar-refractivity contribution is -0.120. The zero-order valence-corrected chi connectivity index (χ0v) is 10.6. The summed E-state index contributed by atoms with van der Waals surface area (Å²) in [6, 6.07) is 7.62. The number of rotatable bonds is 0. The maximum absolute atomic E-state index is 12.4. The van der Waals surface area contributed by atoms with Crippen molar-refractivity contribution >= 4 is 11.7 Å². The number of hydrogen-bond acceptors (Lipinski definition) is 4. The minimum atomic E-state index is -0.582. The number of carbonyl (C=O) groups is 1. The predicted octanol–water partition coefficient (Wildman–Crippen LogP) is 1.34. The lowest BCUT2D eigenvalue weighted by atomic mass is 9.79. The van der Waals surface area contributed by atoms with Crippen LogP contribution in [0.25, 0.3) is 0 Å². The highest BCUT2D eigenvalue weighted by molar-refractivity contribution is 6.06. The fourth-order valence-electron chi connectivity index (χ4n) is 3.21. The Bertz CT molecular complexity index is 793. The van der Waals surface area contributed by atoms with Gasteiger partial charge in [-0.15, -0.1) is 0 Å². The van der Waals surface area contributed by atoms with Crippen molar-refractivity contribution in [2.75, 3.05) is 5.32 Å². The lowest BCUT2D eigenvalue weighted by Gasteiger charge is -2.20. The molecule has 1 amide bonds. The molecule has 4 rings (SSSR count). The van der Waals surface area contributed by atoms with E-state index < -0.39 is 5.41 Å². The van der Waals surface area contributed by atoms with Crippen LogP contribution in [0.4, 0.5) is 5.82 Å². The quantitative estimate of drug-likeness (QED) is 0.777. The first kappa shape index (κ1) is 11.1. The van der Waals surface area contributed by atoms with Crippen LogP contribution in [0.3, 0.4) is 0 Å². The van der Waals surface area contributed by atoms with Gasteiger partial charge in [-0.2, -0.15) is 5.26 Å². The number of aromatic nitrogens is 2. The van der Waals surface area contributed by atoms with Gasteiger partial charge in [0.25, 0.3) is 0 Å². The predicted molar refractivity (Wildman–Crippen MR) is 70.9 cm³/mol. The smallest absolute Gasteiger partial charge is 0.237 e. The summed E-state index contributed by atoms with van der Waals surface area (Å²) in [6.45, 7) is 0. The zero-order valence-electron chi connectivity index (χ0n) is 10.6. The Morgan fingerprint density at radius 1 is 1.30 bits per heavy atom. The van der Waals surface area contributed by atoms with Crippen molar-refractivity contribution in [3.63, 3.8) is 0 Å². The third-order valence-electron chi connectivity index (χ3n) is 4.17. The van der Waals surface area contributed by atoms with Crippen molar-refractivity contribution in [1.82, 2.24) is 9.97 Å². The van der Waals surface area contributed by atoms with E-state index in [-0.39, 0.29) is 5.91 Å². The number of amides is 1. The van der Waals surface area contributed by atoms with Gasteiger partial charge >= 0.3 is 0 Å². The van der Waals surface area contributed by atoms with Crippen molar-refractivity contribution in [2.24, 2.45) is 0 Å². The summed E-state index contributed by atoms with van der Waals surface area (Å²) in [5.41, 5.74) is 2.83. The fraction of sp³-hybridized carbons (Fsp3) is 0.200. The molecule has 1 aliphatic carbocycles. The Morgan fingerprint density at radius 3 is 3.00 bits per heavy atom. The maximum atomic E-state index is 12.4. The van der Waals surface area contributed by atoms with Gasteiger partial charge in [0, 0.05) is 18.0 Å². The summed E-state index contributed by atoms with van der Waals surface area (Å²) >= 11 is 0. The molecule has 3 heterocycles. The minimum absolute atomic E-state index is 0.0130. The molecule has 1 aliphatic heterocycles. The standard InChI is InChI=1S/C15H10N4O/c16-7-11-4-9-5-15(6-10(9)8-18-11)12-2-1-3-17-13(12)19-14(15)20/h1-4,8H,5-6H2,(H,17,19,20). The van der Waals surface area contributed by atoms with Gasteiger partial charge in [0.05, 0.1) is 5.41 Å². The second kappa shape index (κ2) is 3.64. The lowest BCUT2D eigenvalue weighted by Crippen LogP contribution is -2.35. The highest BCUT2D eigenvalue weighted by Gasteiger charge is 2.51. The van der Waals surface area contributed by atoms with Crippen LogP contribution < -0.4 is 5.32 Å². The van der Waals surface area contributed by atoms with Crippen LogP contribution in [-0.2, 0) is 23.1 Å². The average Bonchev–Trinajstić information content (AvgIpc) is 2.98. The third kappa shape index (κ3) is 1.28. The number of hydrogen-bond donors (Lipinski definition) is 1. The van der Waals surface area contributed by atoms with E-state index in [1.807, 2.05) is 18.2 Å². The number of anilines is 1. The van der Waals surface area contributed by atoms with E-state index in [1.165, 1.54) is 0 Å². The molecule has 96 valence electrons. The highest BCUT2D eigenvalue weighted by Crippen LogP contribution is 2.46. The van der Waals surface area contributed by atoms with Crippen molar-refractivity contribution in [1.29, 1.82) is 5.26 Å². The molecule has 5 nitrogen and oxygen atoms in total. The number of nitriles is 1. The van der Waals surface area contributed by atoms with Crippen LogP contribution in [0.5, 0.6) is 0 Å². The first-order valence-electron chi connectivity index (χ1n) is 6.38. The number of carbonyl (C=O) groups excluding carboxylic acids is 1. The van der Waals surface area contributed by atoms with Gasteiger partial charge in [0.15, 0.2) is 0 Å². The summed E-state index contributed by atoms with van der Waals surface area (Å²) in [6.07, 6.45) is 4.61. The van der Waals surface area contributed by atoms with Crippen LogP contribution in [0, 0.1) is 11.3 Å². The molecule has 0 bridgehead atoms. The van der Waals surface area contributed by atoms with Gasteiger partial charge in [-0.25, -0.2) is 9.97 Å². The van der Waals surface area contributed by atoms with E-state index in [0.717, 1.165) is 16.7 Å². The van der Waals surface area contributed by atoms with E-state index in [9.17, 15) is 4.79 Å². The topological polar surface area (TPSA) is 78.7 Å². The first-order valence-corrected chi connectivity index (χ1v) is 6.38. The Labute approximate surface area is 115 Å². The normalized spacial score (nSPS) is 22.2. The first-order chi connectivity index (χ1) is 9.73. The molecular formula is C15H10N4O. The highest BCUT2D eigenvalue weighted by atomic mass is 16.2. The molecule has 1 N–H and O–H groups in total.